The zero-order valence-corrected chi connectivity index (χ0v) is 47.0. The third-order valence-electron chi connectivity index (χ3n) is 13.6. The molecule has 0 atom stereocenters. The zero-order chi connectivity index (χ0) is 51.3. The predicted octanol–water partition coefficient (Wildman–Crippen LogP) is 17.8. The summed E-state index contributed by atoms with van der Waals surface area (Å²) in [7, 11) is 0. The number of rotatable bonds is 57. The van der Waals surface area contributed by atoms with Crippen molar-refractivity contribution in [3.63, 3.8) is 0 Å². The number of hydrogen-bond donors (Lipinski definition) is 2. The Kier molecular flexibility index (Phi) is 63.7. The van der Waals surface area contributed by atoms with Crippen LogP contribution in [0.5, 0.6) is 0 Å². The van der Waals surface area contributed by atoms with Gasteiger partial charge in [-0.3, -0.25) is 14.4 Å². The van der Waals surface area contributed by atoms with Gasteiger partial charge in [-0.2, -0.15) is 0 Å². The molecule has 0 aromatic heterocycles. The summed E-state index contributed by atoms with van der Waals surface area (Å²) in [5, 5.41) is 16.2. The number of aliphatic hydroxyl groups is 2. The Morgan fingerprint density at radius 3 is 0.714 bits per heavy atom. The summed E-state index contributed by atoms with van der Waals surface area (Å²) in [5.74, 6) is -0.832. The van der Waals surface area contributed by atoms with Crippen molar-refractivity contribution in [2.45, 2.75) is 335 Å². The number of unbranched alkanes of at least 4 members (excludes halogenated alkanes) is 42. The third kappa shape index (κ3) is 62.4. The molecule has 0 saturated carbocycles. The molecule has 0 aliphatic carbocycles. The lowest BCUT2D eigenvalue weighted by Gasteiger charge is -2.18. The molecular weight excluding hydrogens is 877 g/mol. The molecule has 70 heavy (non-hydrogen) atoms. The van der Waals surface area contributed by atoms with E-state index in [1.54, 1.807) is 0 Å². The van der Waals surface area contributed by atoms with E-state index in [-0.39, 0.29) is 44.3 Å². The molecule has 0 rings (SSSR count). The Morgan fingerprint density at radius 2 is 0.500 bits per heavy atom. The summed E-state index contributed by atoms with van der Waals surface area (Å²) in [6, 6.07) is 0. The quantitative estimate of drug-likeness (QED) is 0.0348. The van der Waals surface area contributed by atoms with Crippen LogP contribution in [0, 0.1) is 0 Å². The maximum Gasteiger partial charge on any atom is 0.306 e. The molecule has 0 spiro atoms. The number of ether oxygens (including phenoxy) is 4. The van der Waals surface area contributed by atoms with Gasteiger partial charge in [0.2, 0.25) is 0 Å². The lowest BCUT2D eigenvalue weighted by atomic mass is 10.0. The molecular formula is C61H120O9. The van der Waals surface area contributed by atoms with Crippen LogP contribution in [0.15, 0.2) is 0 Å². The largest absolute Gasteiger partial charge is 0.462 e. The zero-order valence-electron chi connectivity index (χ0n) is 47.0. The molecule has 0 bridgehead atoms. The van der Waals surface area contributed by atoms with Gasteiger partial charge >= 0.3 is 17.9 Å². The summed E-state index contributed by atoms with van der Waals surface area (Å²) in [4.78, 5) is 38.1. The number of carbonyl (C=O) groups excluding carboxylic acids is 3. The minimum Gasteiger partial charge on any atom is -0.462 e. The topological polar surface area (TPSA) is 129 Å². The lowest BCUT2D eigenvalue weighted by Crippen LogP contribution is -2.30. The van der Waals surface area contributed by atoms with Crippen molar-refractivity contribution in [1.29, 1.82) is 0 Å². The maximum atomic E-state index is 12.8. The third-order valence-corrected chi connectivity index (χ3v) is 13.6. The van der Waals surface area contributed by atoms with Gasteiger partial charge in [0.25, 0.3) is 0 Å². The van der Waals surface area contributed by atoms with Gasteiger partial charge in [-0.15, -0.1) is 0 Å². The van der Waals surface area contributed by atoms with Crippen LogP contribution in [0.3, 0.4) is 0 Å². The highest BCUT2D eigenvalue weighted by Crippen LogP contribution is 2.18. The molecule has 9 heteroatoms. The van der Waals surface area contributed by atoms with Gasteiger partial charge in [-0.05, 0) is 19.3 Å². The van der Waals surface area contributed by atoms with Gasteiger partial charge in [-0.1, -0.05) is 290 Å². The molecule has 0 aliphatic rings. The van der Waals surface area contributed by atoms with Crippen LogP contribution in [-0.4, -0.2) is 73.9 Å². The second-order valence-electron chi connectivity index (χ2n) is 20.6. The van der Waals surface area contributed by atoms with E-state index >= 15 is 0 Å². The fraction of sp³-hybridized carbons (Fsp3) is 0.951. The highest BCUT2D eigenvalue weighted by atomic mass is 16.6. The minimum atomic E-state index is -0.760. The summed E-state index contributed by atoms with van der Waals surface area (Å²) in [5.41, 5.74) is 0. The maximum absolute atomic E-state index is 12.8. The molecule has 0 aromatic rings. The van der Waals surface area contributed by atoms with E-state index in [4.69, 9.17) is 24.4 Å². The Bertz CT molecular complexity index is 969. The fourth-order valence-electron chi connectivity index (χ4n) is 9.03. The number of aliphatic hydroxyl groups excluding tert-OH is 2. The van der Waals surface area contributed by atoms with Crippen LogP contribution in [0.2, 0.25) is 0 Å². The molecule has 418 valence electrons. The van der Waals surface area contributed by atoms with E-state index in [0.717, 1.165) is 57.8 Å². The molecule has 0 heterocycles. The Hall–Kier alpha value is -1.71. The van der Waals surface area contributed by atoms with E-state index < -0.39 is 6.10 Å². The molecule has 0 saturated heterocycles. The van der Waals surface area contributed by atoms with E-state index in [2.05, 4.69) is 25.5 Å². The molecule has 0 amide bonds. The first kappa shape index (κ1) is 70.4. The summed E-state index contributed by atoms with van der Waals surface area (Å²) in [6.07, 6.45) is 58.0. The summed E-state index contributed by atoms with van der Waals surface area (Å²) < 4.78 is 21.5. The van der Waals surface area contributed by atoms with Crippen LogP contribution in [0.4, 0.5) is 0 Å². The summed E-state index contributed by atoms with van der Waals surface area (Å²) in [6.45, 7) is 7.40. The number of hydrogen-bond acceptors (Lipinski definition) is 9. The summed E-state index contributed by atoms with van der Waals surface area (Å²) >= 11 is 0. The van der Waals surface area contributed by atoms with Gasteiger partial charge < -0.3 is 29.2 Å². The van der Waals surface area contributed by atoms with Crippen molar-refractivity contribution < 1.29 is 43.5 Å². The molecule has 0 unspecified atom stereocenters. The van der Waals surface area contributed by atoms with Crippen molar-refractivity contribution in [3.8, 4) is 0 Å². The normalized spacial score (nSPS) is 11.2. The van der Waals surface area contributed by atoms with Crippen LogP contribution < -0.4 is 0 Å². The van der Waals surface area contributed by atoms with Crippen LogP contribution in [0.25, 0.3) is 0 Å². The van der Waals surface area contributed by atoms with E-state index in [1.165, 1.54) is 231 Å². The Balaban J connectivity index is 0. The lowest BCUT2D eigenvalue weighted by molar-refractivity contribution is -0.167. The smallest absolute Gasteiger partial charge is 0.306 e. The second kappa shape index (κ2) is 63.4. The molecule has 0 fully saturated rings. The van der Waals surface area contributed by atoms with Crippen LogP contribution in [-0.2, 0) is 33.3 Å². The predicted molar refractivity (Wildman–Crippen MR) is 295 cm³/mol. The van der Waals surface area contributed by atoms with Crippen molar-refractivity contribution in [2.24, 2.45) is 0 Å². The average Bonchev–Trinajstić information content (AvgIpc) is 3.36. The first-order valence-corrected chi connectivity index (χ1v) is 30.7. The van der Waals surface area contributed by atoms with E-state index in [0.29, 0.717) is 32.5 Å². The van der Waals surface area contributed by atoms with Crippen LogP contribution in [0.1, 0.15) is 329 Å². The Morgan fingerprint density at radius 1 is 0.300 bits per heavy atom. The van der Waals surface area contributed by atoms with Gasteiger partial charge in [0.05, 0.1) is 26.4 Å². The molecule has 0 aliphatic heterocycles. The van der Waals surface area contributed by atoms with Gasteiger partial charge in [0.1, 0.15) is 13.2 Å². The molecule has 0 radical (unpaired) electrons. The van der Waals surface area contributed by atoms with Crippen LogP contribution >= 0.6 is 0 Å². The van der Waals surface area contributed by atoms with E-state index in [1.807, 2.05) is 0 Å². The highest BCUT2D eigenvalue weighted by molar-refractivity contribution is 5.71. The SMILES string of the molecule is CCCCCCCCCCCCCCCCCC(=O)OCC(COC(=O)CCCCCCCCCCCCCCCCC)OC(=O)CCCCCCCCCCCCCCCCC.OCCOCCO. The van der Waals surface area contributed by atoms with E-state index in [9.17, 15) is 14.4 Å². The highest BCUT2D eigenvalue weighted by Gasteiger charge is 2.19. The van der Waals surface area contributed by atoms with Crippen molar-refractivity contribution in [1.82, 2.24) is 0 Å². The first-order valence-electron chi connectivity index (χ1n) is 30.7. The first-order chi connectivity index (χ1) is 34.4. The van der Waals surface area contributed by atoms with Crippen molar-refractivity contribution in [2.75, 3.05) is 39.6 Å². The van der Waals surface area contributed by atoms with Crippen molar-refractivity contribution in [3.05, 3.63) is 0 Å². The molecule has 2 N–H and O–H groups in total. The number of carbonyl (C=O) groups is 3. The second-order valence-corrected chi connectivity index (χ2v) is 20.6. The number of esters is 3. The fourth-order valence-corrected chi connectivity index (χ4v) is 9.03. The Labute approximate surface area is 434 Å². The standard InChI is InChI=1S/C57H110O6.C4H10O3/c1-4-7-10-13-16-19-22-25-28-31-34-37-40-43-46-49-55(58)61-52-54(63-57(60)51-48-45-42-39-36-33-30-27-24-21-18-15-12-9-6-3)53-62-56(59)50-47-44-41-38-35-32-29-26-23-20-17-14-11-8-5-2;5-1-3-7-4-2-6/h54H,4-53H2,1-3H3;5-6H,1-4H2. The molecule has 0 aromatic carbocycles. The van der Waals surface area contributed by atoms with Crippen molar-refractivity contribution >= 4 is 17.9 Å². The van der Waals surface area contributed by atoms with Gasteiger partial charge in [-0.25, -0.2) is 0 Å². The average molecular weight is 998 g/mol. The molecule has 9 nitrogen and oxygen atoms in total. The monoisotopic (exact) mass is 997 g/mol. The minimum absolute atomic E-state index is 0.0278. The van der Waals surface area contributed by atoms with Gasteiger partial charge in [0.15, 0.2) is 6.10 Å². The van der Waals surface area contributed by atoms with Gasteiger partial charge in [0, 0.05) is 19.3 Å².